The topological polar surface area (TPSA) is 121 Å². The molecule has 7 rings (SSSR count). The van der Waals surface area contributed by atoms with Gasteiger partial charge in [0.15, 0.2) is 11.4 Å². The molecule has 5 aromatic rings. The van der Waals surface area contributed by atoms with Gasteiger partial charge in [-0.2, -0.15) is 0 Å². The first-order valence-corrected chi connectivity index (χ1v) is 24.3. The van der Waals surface area contributed by atoms with Gasteiger partial charge in [-0.3, -0.25) is 18.8 Å². The number of aliphatic hydroxyl groups is 1. The van der Waals surface area contributed by atoms with E-state index in [9.17, 15) is 9.90 Å². The number of aryl methyl sites for hydroxylation is 1. The predicted molar refractivity (Wildman–Crippen MR) is 243 cm³/mol. The van der Waals surface area contributed by atoms with Crippen molar-refractivity contribution >= 4 is 24.9 Å². The number of benzene rings is 3. The van der Waals surface area contributed by atoms with Crippen molar-refractivity contribution in [2.75, 3.05) is 32.3 Å². The van der Waals surface area contributed by atoms with Gasteiger partial charge in [0.1, 0.15) is 5.75 Å². The van der Waals surface area contributed by atoms with E-state index in [4.69, 9.17) is 14.2 Å². The second kappa shape index (κ2) is 18.2. The number of ether oxygens (including phenoxy) is 3. The molecule has 1 saturated heterocycles. The molecule has 1 unspecified atom stereocenters. The molecule has 12 heteroatoms. The van der Waals surface area contributed by atoms with Crippen LogP contribution in [0.5, 0.6) is 11.5 Å². The summed E-state index contributed by atoms with van der Waals surface area (Å²) >= 11 is 0. The van der Waals surface area contributed by atoms with E-state index in [1.807, 2.05) is 76.4 Å². The van der Waals surface area contributed by atoms with E-state index in [1.54, 1.807) is 30.0 Å². The van der Waals surface area contributed by atoms with Crippen LogP contribution in [0.15, 0.2) is 125 Å². The highest BCUT2D eigenvalue weighted by Gasteiger charge is 2.66. The number of rotatable bonds is 16. The van der Waals surface area contributed by atoms with Crippen LogP contribution in [0, 0.1) is 5.92 Å². The van der Waals surface area contributed by atoms with E-state index in [1.165, 1.54) is 23.4 Å². The van der Waals surface area contributed by atoms with Gasteiger partial charge in [-0.1, -0.05) is 96.2 Å². The molecule has 61 heavy (non-hydrogen) atoms. The Hall–Kier alpha value is -5.56. The lowest BCUT2D eigenvalue weighted by atomic mass is 9.82. The van der Waals surface area contributed by atoms with E-state index < -0.39 is 13.7 Å². The Kier molecular flexibility index (Phi) is 13.0. The van der Waals surface area contributed by atoms with Crippen LogP contribution in [-0.2, 0) is 21.7 Å². The minimum absolute atomic E-state index is 0.0142. The van der Waals surface area contributed by atoms with Gasteiger partial charge in [-0.05, 0) is 93.6 Å². The number of amides is 1. The first-order valence-electron chi connectivity index (χ1n) is 21.2. The van der Waals surface area contributed by atoms with Crippen LogP contribution in [0.2, 0.25) is 18.6 Å². The van der Waals surface area contributed by atoms with Gasteiger partial charge in [0.05, 0.1) is 52.3 Å². The van der Waals surface area contributed by atoms with Crippen LogP contribution in [-0.4, -0.2) is 72.1 Å². The van der Waals surface area contributed by atoms with Crippen LogP contribution >= 0.6 is 0 Å². The van der Waals surface area contributed by atoms with E-state index >= 15 is 4.79 Å². The maximum atomic E-state index is 15.5. The van der Waals surface area contributed by atoms with Crippen molar-refractivity contribution < 1.29 is 24.1 Å². The van der Waals surface area contributed by atoms with E-state index in [0.717, 1.165) is 35.4 Å². The van der Waals surface area contributed by atoms with Crippen LogP contribution < -0.4 is 25.1 Å². The number of carbonyl (C=O) groups is 1. The number of aliphatic hydroxyl groups excluding tert-OH is 1. The molecule has 0 aliphatic carbocycles. The third-order valence-electron chi connectivity index (χ3n) is 12.9. The third kappa shape index (κ3) is 8.41. The van der Waals surface area contributed by atoms with Crippen molar-refractivity contribution in [2.45, 2.75) is 89.8 Å². The number of allylic oxidation sites excluding steroid dienone is 3. The molecule has 1 amide bonds. The van der Waals surface area contributed by atoms with Gasteiger partial charge in [-0.25, -0.2) is 0 Å². The summed E-state index contributed by atoms with van der Waals surface area (Å²) in [4.78, 5) is 31.0. The Morgan fingerprint density at radius 3 is 2.41 bits per heavy atom. The lowest BCUT2D eigenvalue weighted by Gasteiger charge is -2.37. The Morgan fingerprint density at radius 2 is 1.72 bits per heavy atom. The SMILES string of the molecule is COc1ccc([Si](C)(C)[C@@H]2[C@@H](CCn3cc(C(CO)c4ccccc4)nn3)O[C@]3(C(=O)N(C/C=C(\C)CCC=C(C)C)c4ccc(-n5cccc(OC)c5=O)cc43)[C@H]2C)cc1. The van der Waals surface area contributed by atoms with Gasteiger partial charge in [0.2, 0.25) is 0 Å². The van der Waals surface area contributed by atoms with Gasteiger partial charge in [0.25, 0.3) is 11.5 Å². The fourth-order valence-electron chi connectivity index (χ4n) is 9.57. The monoisotopic (exact) mass is 841 g/mol. The lowest BCUT2D eigenvalue weighted by Crippen LogP contribution is -2.52. The molecular formula is C49H59N5O6Si. The number of hydrogen-bond donors (Lipinski definition) is 1. The quantitative estimate of drug-likeness (QED) is 0.0787. The molecule has 320 valence electrons. The predicted octanol–water partition coefficient (Wildman–Crippen LogP) is 7.92. The minimum atomic E-state index is -2.45. The average molecular weight is 842 g/mol. The summed E-state index contributed by atoms with van der Waals surface area (Å²) in [5, 5.41) is 20.6. The summed E-state index contributed by atoms with van der Waals surface area (Å²) < 4.78 is 21.8. The zero-order valence-electron chi connectivity index (χ0n) is 36.7. The Labute approximate surface area is 360 Å². The minimum Gasteiger partial charge on any atom is -0.497 e. The van der Waals surface area contributed by atoms with Crippen molar-refractivity contribution in [2.24, 2.45) is 5.92 Å². The fraction of sp³-hybridized carbons (Fsp3) is 0.388. The third-order valence-corrected chi connectivity index (χ3v) is 17.2. The maximum Gasteiger partial charge on any atom is 0.297 e. The van der Waals surface area contributed by atoms with Gasteiger partial charge >= 0.3 is 0 Å². The highest BCUT2D eigenvalue weighted by atomic mass is 28.3. The average Bonchev–Trinajstić information content (AvgIpc) is 3.92. The van der Waals surface area contributed by atoms with E-state index in [-0.39, 0.29) is 47.3 Å². The smallest absolute Gasteiger partial charge is 0.297 e. The van der Waals surface area contributed by atoms with Gasteiger partial charge < -0.3 is 24.2 Å². The number of methoxy groups -OCH3 is 2. The molecule has 3 aromatic carbocycles. The molecule has 0 radical (unpaired) electrons. The number of fused-ring (bicyclic) bond motifs is 2. The number of anilines is 1. The van der Waals surface area contributed by atoms with Crippen molar-refractivity contribution in [1.29, 1.82) is 0 Å². The first-order chi connectivity index (χ1) is 29.3. The van der Waals surface area contributed by atoms with Crippen LogP contribution in [0.25, 0.3) is 5.69 Å². The van der Waals surface area contributed by atoms with Crippen molar-refractivity contribution in [3.63, 3.8) is 0 Å². The first kappa shape index (κ1) is 43.5. The molecule has 5 atom stereocenters. The molecule has 1 fully saturated rings. The maximum absolute atomic E-state index is 15.5. The highest BCUT2D eigenvalue weighted by molar-refractivity contribution is 6.91. The molecule has 1 N–H and O–H groups in total. The molecule has 11 nitrogen and oxygen atoms in total. The van der Waals surface area contributed by atoms with Crippen LogP contribution in [0.1, 0.15) is 69.7 Å². The molecule has 0 bridgehead atoms. The van der Waals surface area contributed by atoms with E-state index in [2.05, 4.69) is 75.4 Å². The lowest BCUT2D eigenvalue weighted by molar-refractivity contribution is -0.145. The zero-order chi connectivity index (χ0) is 43.5. The number of aromatic nitrogens is 4. The normalized spacial score (nSPS) is 20.5. The number of hydrogen-bond acceptors (Lipinski definition) is 8. The second-order valence-electron chi connectivity index (χ2n) is 17.2. The highest BCUT2D eigenvalue weighted by Crippen LogP contribution is 2.60. The summed E-state index contributed by atoms with van der Waals surface area (Å²) in [6.07, 6.45) is 10.1. The standard InChI is InChI=1S/C49H59N5O6Si/c1-33(2)14-12-15-34(3)25-29-54-43-24-19-37(53-27-13-18-45(59-6)47(53)56)30-41(43)49(48(54)57)35(4)46(61(7,8)39-22-20-38(58-5)21-23-39)44(60-49)26-28-52-31-42(50-51-52)40(32-55)36-16-10-9-11-17-36/h9-11,13-14,16-25,27,30-31,35,40,44,46,55H,12,15,26,28-29,32H2,1-8H3/b34-25+/t35-,40?,44+,46-,49+/m0/s1. The molecule has 2 aliphatic heterocycles. The Balaban J connectivity index is 1.31. The summed E-state index contributed by atoms with van der Waals surface area (Å²) in [5.74, 6) is 0.371. The summed E-state index contributed by atoms with van der Waals surface area (Å²) in [6.45, 7) is 14.0. The molecule has 4 heterocycles. The van der Waals surface area contributed by atoms with Crippen LogP contribution in [0.4, 0.5) is 5.69 Å². The summed E-state index contributed by atoms with van der Waals surface area (Å²) in [6, 6.07) is 27.4. The summed E-state index contributed by atoms with van der Waals surface area (Å²) in [5.41, 5.74) is 4.69. The Bertz CT molecular complexity index is 2460. The number of carbonyl (C=O) groups excluding carboxylic acids is 1. The molecule has 2 aromatic heterocycles. The van der Waals surface area contributed by atoms with Gasteiger partial charge in [-0.15, -0.1) is 5.10 Å². The zero-order valence-corrected chi connectivity index (χ0v) is 37.7. The molecular weight excluding hydrogens is 783 g/mol. The second-order valence-corrected chi connectivity index (χ2v) is 21.9. The Morgan fingerprint density at radius 1 is 0.967 bits per heavy atom. The van der Waals surface area contributed by atoms with Gasteiger partial charge in [0, 0.05) is 42.7 Å². The summed E-state index contributed by atoms with van der Waals surface area (Å²) in [7, 11) is 0.706. The van der Waals surface area contributed by atoms with Crippen molar-refractivity contribution in [3.8, 4) is 17.2 Å². The van der Waals surface area contributed by atoms with Crippen LogP contribution in [0.3, 0.4) is 0 Å². The van der Waals surface area contributed by atoms with E-state index in [0.29, 0.717) is 30.9 Å². The number of pyridine rings is 1. The van der Waals surface area contributed by atoms with Crippen molar-refractivity contribution in [1.82, 2.24) is 19.6 Å². The largest absolute Gasteiger partial charge is 0.497 e. The van der Waals surface area contributed by atoms with Crippen molar-refractivity contribution in [3.05, 3.63) is 148 Å². The molecule has 2 aliphatic rings. The molecule has 1 spiro atoms. The number of nitrogens with zero attached hydrogens (tertiary/aromatic N) is 5. The fourth-order valence-corrected chi connectivity index (χ4v) is 13.6. The molecule has 0 saturated carbocycles.